The highest BCUT2D eigenvalue weighted by Crippen LogP contribution is 2.27. The third kappa shape index (κ3) is 2.71. The average molecular weight is 297 g/mol. The monoisotopic (exact) mass is 296 g/mol. The molecule has 1 atom stereocenters. The van der Waals surface area contributed by atoms with Crippen LogP contribution in [0.5, 0.6) is 0 Å². The van der Waals surface area contributed by atoms with E-state index < -0.39 is 0 Å². The maximum absolute atomic E-state index is 6.10. The first-order chi connectivity index (χ1) is 9.49. The Hall–Kier alpha value is -1.03. The zero-order chi connectivity index (χ0) is 14.9. The number of hydrogen-bond acceptors (Lipinski definition) is 2. The van der Waals surface area contributed by atoms with Crippen LogP contribution < -0.4 is 0 Å². The van der Waals surface area contributed by atoms with Gasteiger partial charge in [0.05, 0.1) is 11.6 Å². The summed E-state index contributed by atoms with van der Waals surface area (Å²) in [6.45, 7) is 8.89. The van der Waals surface area contributed by atoms with Gasteiger partial charge in [-0.05, 0) is 32.1 Å². The number of nitrogens with zero attached hydrogens (tertiary/aromatic N) is 4. The smallest absolute Gasteiger partial charge is 0.158 e. The van der Waals surface area contributed by atoms with E-state index >= 15 is 0 Å². The summed E-state index contributed by atoms with van der Waals surface area (Å²) in [4.78, 5) is 4.72. The van der Waals surface area contributed by atoms with Crippen LogP contribution in [0.15, 0.2) is 0 Å². The SMILES string of the molecule is CCc1nn(C)c2c1nc(CCl)n2C(C)CCC(C)C. The van der Waals surface area contributed by atoms with E-state index in [0.717, 1.165) is 35.5 Å². The summed E-state index contributed by atoms with van der Waals surface area (Å²) in [5.74, 6) is 2.12. The summed E-state index contributed by atoms with van der Waals surface area (Å²) in [6.07, 6.45) is 3.25. The van der Waals surface area contributed by atoms with E-state index in [-0.39, 0.29) is 0 Å². The van der Waals surface area contributed by atoms with Crippen molar-refractivity contribution in [2.45, 2.75) is 58.9 Å². The van der Waals surface area contributed by atoms with Gasteiger partial charge in [-0.15, -0.1) is 11.6 Å². The minimum Gasteiger partial charge on any atom is -0.309 e. The van der Waals surface area contributed by atoms with Crippen LogP contribution in [-0.4, -0.2) is 19.3 Å². The van der Waals surface area contributed by atoms with Gasteiger partial charge in [-0.2, -0.15) is 5.10 Å². The second-order valence-electron chi connectivity index (χ2n) is 5.95. The van der Waals surface area contributed by atoms with Crippen molar-refractivity contribution in [2.24, 2.45) is 13.0 Å². The van der Waals surface area contributed by atoms with Crippen molar-refractivity contribution in [3.63, 3.8) is 0 Å². The molecule has 0 saturated heterocycles. The third-order valence-corrected chi connectivity index (χ3v) is 4.11. The van der Waals surface area contributed by atoms with Gasteiger partial charge in [-0.3, -0.25) is 4.68 Å². The molecule has 2 rings (SSSR count). The molecule has 5 heteroatoms. The number of hydrogen-bond donors (Lipinski definition) is 0. The Morgan fingerprint density at radius 1 is 1.20 bits per heavy atom. The first kappa shape index (κ1) is 15.4. The van der Waals surface area contributed by atoms with Gasteiger partial charge in [0.2, 0.25) is 0 Å². The number of aryl methyl sites for hydroxylation is 2. The summed E-state index contributed by atoms with van der Waals surface area (Å²) in [7, 11) is 1.99. The van der Waals surface area contributed by atoms with Crippen LogP contribution in [-0.2, 0) is 19.3 Å². The molecule has 1 unspecified atom stereocenters. The second-order valence-corrected chi connectivity index (χ2v) is 6.22. The minimum atomic E-state index is 0.399. The molecule has 0 amide bonds. The van der Waals surface area contributed by atoms with Gasteiger partial charge in [0.1, 0.15) is 11.3 Å². The predicted octanol–water partition coefficient (Wildman–Crippen LogP) is 4.07. The summed E-state index contributed by atoms with van der Waals surface area (Å²) in [5.41, 5.74) is 3.18. The van der Waals surface area contributed by atoms with E-state index in [1.54, 1.807) is 0 Å². The number of fused-ring (bicyclic) bond motifs is 1. The highest BCUT2D eigenvalue weighted by atomic mass is 35.5. The molecule has 112 valence electrons. The molecular formula is C15H25ClN4. The zero-order valence-electron chi connectivity index (χ0n) is 13.1. The second kappa shape index (κ2) is 6.17. The van der Waals surface area contributed by atoms with Crippen LogP contribution in [0, 0.1) is 5.92 Å². The fourth-order valence-electron chi connectivity index (χ4n) is 2.75. The van der Waals surface area contributed by atoms with Gasteiger partial charge in [0.15, 0.2) is 5.65 Å². The topological polar surface area (TPSA) is 35.6 Å². The van der Waals surface area contributed by atoms with Gasteiger partial charge in [0, 0.05) is 13.1 Å². The summed E-state index contributed by atoms with van der Waals surface area (Å²) < 4.78 is 4.22. The van der Waals surface area contributed by atoms with Gasteiger partial charge >= 0.3 is 0 Å². The van der Waals surface area contributed by atoms with Crippen LogP contribution in [0.4, 0.5) is 0 Å². The normalized spacial score (nSPS) is 13.6. The summed E-state index contributed by atoms with van der Waals surface area (Å²) in [5, 5.41) is 4.57. The zero-order valence-corrected chi connectivity index (χ0v) is 13.9. The van der Waals surface area contributed by atoms with Crippen molar-refractivity contribution < 1.29 is 0 Å². The highest BCUT2D eigenvalue weighted by molar-refractivity contribution is 6.16. The van der Waals surface area contributed by atoms with E-state index in [0.29, 0.717) is 17.8 Å². The van der Waals surface area contributed by atoms with E-state index in [9.17, 15) is 0 Å². The fraction of sp³-hybridized carbons (Fsp3) is 0.733. The van der Waals surface area contributed by atoms with Gasteiger partial charge in [0.25, 0.3) is 0 Å². The number of imidazole rings is 1. The van der Waals surface area contributed by atoms with E-state index in [1.165, 1.54) is 6.42 Å². The maximum Gasteiger partial charge on any atom is 0.158 e. The predicted molar refractivity (Wildman–Crippen MR) is 84.2 cm³/mol. The largest absolute Gasteiger partial charge is 0.309 e. The molecule has 2 heterocycles. The first-order valence-corrected chi connectivity index (χ1v) is 8.01. The Labute approximate surface area is 126 Å². The molecule has 4 nitrogen and oxygen atoms in total. The van der Waals surface area contributed by atoms with Crippen molar-refractivity contribution in [1.29, 1.82) is 0 Å². The molecule has 0 aliphatic heterocycles. The first-order valence-electron chi connectivity index (χ1n) is 7.48. The fourth-order valence-corrected chi connectivity index (χ4v) is 2.94. The standard InChI is InChI=1S/C15H25ClN4/c1-6-12-14-15(19(5)18-12)20(13(9-16)17-14)11(4)8-7-10(2)3/h10-11H,6-9H2,1-5H3. The Morgan fingerprint density at radius 2 is 1.90 bits per heavy atom. The van der Waals surface area contributed by atoms with E-state index in [4.69, 9.17) is 16.6 Å². The van der Waals surface area contributed by atoms with E-state index in [2.05, 4.69) is 37.4 Å². The van der Waals surface area contributed by atoms with Crippen molar-refractivity contribution in [3.05, 3.63) is 11.5 Å². The van der Waals surface area contributed by atoms with Crippen molar-refractivity contribution in [3.8, 4) is 0 Å². The van der Waals surface area contributed by atoms with Crippen molar-refractivity contribution in [1.82, 2.24) is 19.3 Å². The maximum atomic E-state index is 6.10. The van der Waals surface area contributed by atoms with Crippen LogP contribution >= 0.6 is 11.6 Å². The minimum absolute atomic E-state index is 0.399. The van der Waals surface area contributed by atoms with Crippen LogP contribution in [0.1, 0.15) is 58.1 Å². The molecule has 0 saturated carbocycles. The highest BCUT2D eigenvalue weighted by Gasteiger charge is 2.21. The molecule has 0 aromatic carbocycles. The molecule has 20 heavy (non-hydrogen) atoms. The summed E-state index contributed by atoms with van der Waals surface area (Å²) in [6, 6.07) is 0.399. The van der Waals surface area contributed by atoms with Crippen molar-refractivity contribution >= 4 is 22.8 Å². The van der Waals surface area contributed by atoms with Crippen molar-refractivity contribution in [2.75, 3.05) is 0 Å². The molecule has 0 fully saturated rings. The molecule has 0 N–H and O–H groups in total. The number of aromatic nitrogens is 4. The average Bonchev–Trinajstić information content (AvgIpc) is 2.93. The van der Waals surface area contributed by atoms with Gasteiger partial charge < -0.3 is 4.57 Å². The number of rotatable bonds is 6. The quantitative estimate of drug-likeness (QED) is 0.753. The van der Waals surface area contributed by atoms with Gasteiger partial charge in [-0.1, -0.05) is 20.8 Å². The van der Waals surface area contributed by atoms with Crippen LogP contribution in [0.25, 0.3) is 11.2 Å². The lowest BCUT2D eigenvalue weighted by molar-refractivity contribution is 0.435. The molecule has 0 aliphatic carbocycles. The molecule has 0 bridgehead atoms. The lowest BCUT2D eigenvalue weighted by atomic mass is 10.0. The Bertz CT molecular complexity index is 582. The lowest BCUT2D eigenvalue weighted by Gasteiger charge is -2.18. The number of halogens is 1. The van der Waals surface area contributed by atoms with E-state index in [1.807, 2.05) is 11.7 Å². The molecule has 0 spiro atoms. The molecular weight excluding hydrogens is 272 g/mol. The summed E-state index contributed by atoms with van der Waals surface area (Å²) >= 11 is 6.10. The van der Waals surface area contributed by atoms with Gasteiger partial charge in [-0.25, -0.2) is 4.98 Å². The molecule has 2 aromatic heterocycles. The molecule has 0 radical (unpaired) electrons. The molecule has 0 aliphatic rings. The third-order valence-electron chi connectivity index (χ3n) is 3.87. The Morgan fingerprint density at radius 3 is 2.45 bits per heavy atom. The van der Waals surface area contributed by atoms with Crippen LogP contribution in [0.3, 0.4) is 0 Å². The van der Waals surface area contributed by atoms with Crippen LogP contribution in [0.2, 0.25) is 0 Å². The Balaban J connectivity index is 2.47. The number of alkyl halides is 1. The molecule has 2 aromatic rings. The lowest BCUT2D eigenvalue weighted by Crippen LogP contribution is -2.12. The Kier molecular flexibility index (Phi) is 4.74.